The Balaban J connectivity index is 1.62. The van der Waals surface area contributed by atoms with Crippen LogP contribution in [0.2, 0.25) is 0 Å². The first-order valence-electron chi connectivity index (χ1n) is 8.06. The van der Waals surface area contributed by atoms with Gasteiger partial charge in [-0.2, -0.15) is 0 Å². The van der Waals surface area contributed by atoms with Gasteiger partial charge in [0.2, 0.25) is 0 Å². The summed E-state index contributed by atoms with van der Waals surface area (Å²) in [5, 5.41) is 1.02. The first-order valence-corrected chi connectivity index (χ1v) is 8.06. The zero-order chi connectivity index (χ0) is 17.6. The van der Waals surface area contributed by atoms with Crippen LogP contribution >= 0.6 is 0 Å². The summed E-state index contributed by atoms with van der Waals surface area (Å²) in [6, 6.07) is 18.8. The van der Waals surface area contributed by atoms with Crippen molar-refractivity contribution in [1.82, 2.24) is 9.88 Å². The van der Waals surface area contributed by atoms with Gasteiger partial charge in [-0.1, -0.05) is 36.4 Å². The fourth-order valence-electron chi connectivity index (χ4n) is 2.51. The molecular weight excluding hydrogens is 316 g/mol. The van der Waals surface area contributed by atoms with Crippen LogP contribution in [0, 0.1) is 0 Å². The largest absolute Gasteiger partial charge is 0.493 e. The molecule has 0 unspecified atom stereocenters. The van der Waals surface area contributed by atoms with Gasteiger partial charge >= 0.3 is 0 Å². The molecule has 128 valence electrons. The van der Waals surface area contributed by atoms with Gasteiger partial charge in [0.05, 0.1) is 19.2 Å². The summed E-state index contributed by atoms with van der Waals surface area (Å²) in [6.07, 6.45) is 0. The van der Waals surface area contributed by atoms with Crippen molar-refractivity contribution in [3.8, 4) is 11.5 Å². The van der Waals surface area contributed by atoms with E-state index in [-0.39, 0.29) is 5.91 Å². The van der Waals surface area contributed by atoms with Crippen molar-refractivity contribution in [3.05, 3.63) is 66.4 Å². The number of ether oxygens (including phenoxy) is 2. The third kappa shape index (κ3) is 3.88. The molecule has 0 aliphatic rings. The Hall–Kier alpha value is -3.08. The predicted molar refractivity (Wildman–Crippen MR) is 97.2 cm³/mol. The zero-order valence-corrected chi connectivity index (χ0v) is 14.3. The Kier molecular flexibility index (Phi) is 5.14. The molecule has 1 amide bonds. The van der Waals surface area contributed by atoms with Crippen molar-refractivity contribution in [2.45, 2.75) is 0 Å². The fourth-order valence-corrected chi connectivity index (χ4v) is 2.51. The highest BCUT2D eigenvalue weighted by molar-refractivity contribution is 5.94. The normalized spacial score (nSPS) is 10.5. The number of hydrogen-bond donors (Lipinski definition) is 0. The minimum atomic E-state index is -0.130. The number of nitrogens with zero attached hydrogens (tertiary/aromatic N) is 2. The number of fused-ring (bicyclic) bond motifs is 1. The van der Waals surface area contributed by atoms with Gasteiger partial charge in [0.15, 0.2) is 11.5 Å². The monoisotopic (exact) mass is 336 g/mol. The van der Waals surface area contributed by atoms with Gasteiger partial charge in [0.25, 0.3) is 5.91 Å². The highest BCUT2D eigenvalue weighted by atomic mass is 16.5. The lowest BCUT2D eigenvalue weighted by molar-refractivity contribution is 0.0768. The molecule has 0 saturated heterocycles. The molecule has 0 aliphatic carbocycles. The summed E-state index contributed by atoms with van der Waals surface area (Å²) in [4.78, 5) is 18.6. The second-order valence-electron chi connectivity index (χ2n) is 5.62. The first-order chi connectivity index (χ1) is 12.2. The quantitative estimate of drug-likeness (QED) is 0.692. The van der Waals surface area contributed by atoms with Crippen molar-refractivity contribution in [2.75, 3.05) is 27.3 Å². The molecule has 3 rings (SSSR count). The van der Waals surface area contributed by atoms with Crippen LogP contribution in [0.5, 0.6) is 11.5 Å². The Morgan fingerprint density at radius 3 is 2.52 bits per heavy atom. The topological polar surface area (TPSA) is 51.7 Å². The summed E-state index contributed by atoms with van der Waals surface area (Å²) < 4.78 is 11.0. The van der Waals surface area contributed by atoms with Crippen LogP contribution in [-0.2, 0) is 0 Å². The number of para-hydroxylation sites is 3. The lowest BCUT2D eigenvalue weighted by Gasteiger charge is -2.18. The summed E-state index contributed by atoms with van der Waals surface area (Å²) in [7, 11) is 3.34. The average molecular weight is 336 g/mol. The van der Waals surface area contributed by atoms with E-state index in [0.29, 0.717) is 30.3 Å². The maximum absolute atomic E-state index is 12.5. The number of amides is 1. The Labute approximate surface area is 146 Å². The molecule has 0 bridgehead atoms. The molecule has 0 saturated carbocycles. The number of methoxy groups -OCH3 is 1. The third-order valence-electron chi connectivity index (χ3n) is 3.92. The number of aromatic nitrogens is 1. The third-order valence-corrected chi connectivity index (χ3v) is 3.92. The molecule has 0 N–H and O–H groups in total. The van der Waals surface area contributed by atoms with E-state index < -0.39 is 0 Å². The Bertz CT molecular complexity index is 879. The standard InChI is InChI=1S/C20H20N2O3/c1-22(13-14-25-19-10-6-5-9-18(19)24-2)20(23)17-12-11-15-7-3-4-8-16(15)21-17/h3-12H,13-14H2,1-2H3. The van der Waals surface area contributed by atoms with Gasteiger partial charge in [-0.25, -0.2) is 4.98 Å². The molecule has 0 radical (unpaired) electrons. The van der Waals surface area contributed by atoms with Gasteiger partial charge in [-0.3, -0.25) is 4.79 Å². The molecule has 1 heterocycles. The molecule has 0 atom stereocenters. The van der Waals surface area contributed by atoms with Crippen LogP contribution in [0.1, 0.15) is 10.5 Å². The minimum Gasteiger partial charge on any atom is -0.493 e. The van der Waals surface area contributed by atoms with E-state index in [9.17, 15) is 4.79 Å². The van der Waals surface area contributed by atoms with Gasteiger partial charge in [0.1, 0.15) is 12.3 Å². The molecule has 5 nitrogen and oxygen atoms in total. The van der Waals surface area contributed by atoms with Crippen molar-refractivity contribution in [2.24, 2.45) is 0 Å². The van der Waals surface area contributed by atoms with Crippen LogP contribution in [0.15, 0.2) is 60.7 Å². The smallest absolute Gasteiger partial charge is 0.272 e. The van der Waals surface area contributed by atoms with Crippen LogP contribution in [0.3, 0.4) is 0 Å². The summed E-state index contributed by atoms with van der Waals surface area (Å²) in [6.45, 7) is 0.821. The van der Waals surface area contributed by atoms with Crippen molar-refractivity contribution in [3.63, 3.8) is 0 Å². The lowest BCUT2D eigenvalue weighted by atomic mass is 10.2. The highest BCUT2D eigenvalue weighted by Crippen LogP contribution is 2.25. The van der Waals surface area contributed by atoms with Crippen LogP contribution in [0.4, 0.5) is 0 Å². The minimum absolute atomic E-state index is 0.130. The number of carbonyl (C=O) groups excluding carboxylic acids is 1. The van der Waals surface area contributed by atoms with Crippen LogP contribution < -0.4 is 9.47 Å². The molecule has 5 heteroatoms. The van der Waals surface area contributed by atoms with Crippen LogP contribution in [0.25, 0.3) is 10.9 Å². The van der Waals surface area contributed by atoms with E-state index in [2.05, 4.69) is 4.98 Å². The van der Waals surface area contributed by atoms with Gasteiger partial charge < -0.3 is 14.4 Å². The number of benzene rings is 2. The van der Waals surface area contributed by atoms with E-state index in [4.69, 9.17) is 9.47 Å². The van der Waals surface area contributed by atoms with Gasteiger partial charge in [-0.05, 0) is 24.3 Å². The predicted octanol–water partition coefficient (Wildman–Crippen LogP) is 3.39. The summed E-state index contributed by atoms with van der Waals surface area (Å²) >= 11 is 0. The number of likely N-dealkylation sites (N-methyl/N-ethyl adjacent to an activating group) is 1. The van der Waals surface area contributed by atoms with Crippen molar-refractivity contribution >= 4 is 16.8 Å². The molecule has 25 heavy (non-hydrogen) atoms. The number of carbonyl (C=O) groups is 1. The summed E-state index contributed by atoms with van der Waals surface area (Å²) in [5.74, 6) is 1.21. The Morgan fingerprint density at radius 2 is 1.72 bits per heavy atom. The second-order valence-corrected chi connectivity index (χ2v) is 5.62. The molecule has 0 fully saturated rings. The van der Waals surface area contributed by atoms with E-state index in [1.807, 2.05) is 54.6 Å². The molecule has 0 spiro atoms. The average Bonchev–Trinajstić information content (AvgIpc) is 2.67. The molecule has 1 aromatic heterocycles. The maximum atomic E-state index is 12.5. The maximum Gasteiger partial charge on any atom is 0.272 e. The number of hydrogen-bond acceptors (Lipinski definition) is 4. The molecule has 2 aromatic carbocycles. The van der Waals surface area contributed by atoms with Crippen molar-refractivity contribution in [1.29, 1.82) is 0 Å². The number of rotatable bonds is 6. The van der Waals surface area contributed by atoms with E-state index in [0.717, 1.165) is 10.9 Å². The van der Waals surface area contributed by atoms with E-state index in [1.165, 1.54) is 0 Å². The van der Waals surface area contributed by atoms with Crippen LogP contribution in [-0.4, -0.2) is 43.1 Å². The highest BCUT2D eigenvalue weighted by Gasteiger charge is 2.14. The molecule has 3 aromatic rings. The lowest BCUT2D eigenvalue weighted by Crippen LogP contribution is -2.31. The van der Waals surface area contributed by atoms with Gasteiger partial charge in [-0.15, -0.1) is 0 Å². The fraction of sp³-hybridized carbons (Fsp3) is 0.200. The van der Waals surface area contributed by atoms with E-state index >= 15 is 0 Å². The Morgan fingerprint density at radius 1 is 1.00 bits per heavy atom. The van der Waals surface area contributed by atoms with Gasteiger partial charge in [0, 0.05) is 12.4 Å². The zero-order valence-electron chi connectivity index (χ0n) is 14.3. The molecular formula is C20H20N2O3. The second kappa shape index (κ2) is 7.66. The first kappa shape index (κ1) is 16.8. The summed E-state index contributed by atoms with van der Waals surface area (Å²) in [5.41, 5.74) is 1.24. The number of pyridine rings is 1. The van der Waals surface area contributed by atoms with Crippen molar-refractivity contribution < 1.29 is 14.3 Å². The SMILES string of the molecule is COc1ccccc1OCCN(C)C(=O)c1ccc2ccccc2n1. The van der Waals surface area contributed by atoms with E-state index in [1.54, 1.807) is 25.1 Å². The molecule has 0 aliphatic heterocycles.